The van der Waals surface area contributed by atoms with Crippen molar-refractivity contribution in [3.05, 3.63) is 12.2 Å². The van der Waals surface area contributed by atoms with Gasteiger partial charge in [0.25, 0.3) is 10.2 Å². The van der Waals surface area contributed by atoms with Crippen LogP contribution in [0, 0.1) is 5.92 Å². The van der Waals surface area contributed by atoms with Gasteiger partial charge in [-0.1, -0.05) is 19.1 Å². The second kappa shape index (κ2) is 6.65. The van der Waals surface area contributed by atoms with Gasteiger partial charge in [0.2, 0.25) is 0 Å². The fraction of sp³-hybridized carbons (Fsp3) is 0.833. The Kier molecular flexibility index (Phi) is 5.78. The third-order valence-electron chi connectivity index (χ3n) is 3.27. The Bertz CT molecular complexity index is 381. The lowest BCUT2D eigenvalue weighted by molar-refractivity contribution is 0.254. The summed E-state index contributed by atoms with van der Waals surface area (Å²) in [5.74, 6) is 0.289. The molecular weight excluding hydrogens is 250 g/mol. The molecule has 0 saturated carbocycles. The summed E-state index contributed by atoms with van der Waals surface area (Å²) in [6.07, 6.45) is 1.92. The van der Waals surface area contributed by atoms with Gasteiger partial charge in [-0.2, -0.15) is 17.0 Å². The number of likely N-dealkylation sites (N-methyl/N-ethyl adjacent to an activating group) is 1. The van der Waals surface area contributed by atoms with Gasteiger partial charge in [-0.25, -0.2) is 0 Å². The summed E-state index contributed by atoms with van der Waals surface area (Å²) in [7, 11) is -3.36. The molecule has 5 nitrogen and oxygen atoms in total. The molecule has 0 aromatic rings. The van der Waals surface area contributed by atoms with Crippen molar-refractivity contribution in [2.24, 2.45) is 11.7 Å². The predicted octanol–water partition coefficient (Wildman–Crippen LogP) is 0.800. The molecule has 0 aromatic carbocycles. The number of nitrogens with two attached hydrogens (primary N) is 1. The highest BCUT2D eigenvalue weighted by molar-refractivity contribution is 7.86. The summed E-state index contributed by atoms with van der Waals surface area (Å²) in [5, 5.41) is 0. The molecule has 1 heterocycles. The highest BCUT2D eigenvalue weighted by atomic mass is 32.2. The number of hydrogen-bond donors (Lipinski definition) is 1. The van der Waals surface area contributed by atoms with Crippen molar-refractivity contribution in [1.82, 2.24) is 8.61 Å². The minimum Gasteiger partial charge on any atom is -0.330 e. The van der Waals surface area contributed by atoms with E-state index in [0.29, 0.717) is 32.7 Å². The number of hydrogen-bond acceptors (Lipinski definition) is 3. The molecule has 1 atom stereocenters. The molecule has 106 valence electrons. The molecule has 0 spiro atoms. The van der Waals surface area contributed by atoms with Crippen LogP contribution in [0.5, 0.6) is 0 Å². The highest BCUT2D eigenvalue weighted by Gasteiger charge is 2.32. The average molecular weight is 275 g/mol. The van der Waals surface area contributed by atoms with E-state index in [1.54, 1.807) is 4.31 Å². The van der Waals surface area contributed by atoms with E-state index < -0.39 is 10.2 Å². The van der Waals surface area contributed by atoms with E-state index in [1.807, 2.05) is 13.8 Å². The van der Waals surface area contributed by atoms with E-state index in [2.05, 4.69) is 6.58 Å². The lowest BCUT2D eigenvalue weighted by Crippen LogP contribution is -2.49. The van der Waals surface area contributed by atoms with Crippen molar-refractivity contribution >= 4 is 10.2 Å². The van der Waals surface area contributed by atoms with Crippen LogP contribution in [0.2, 0.25) is 0 Å². The van der Waals surface area contributed by atoms with Gasteiger partial charge in [0.15, 0.2) is 0 Å². The summed E-state index contributed by atoms with van der Waals surface area (Å²) >= 11 is 0. The van der Waals surface area contributed by atoms with Crippen LogP contribution in [0.3, 0.4) is 0 Å². The fourth-order valence-electron chi connectivity index (χ4n) is 2.25. The van der Waals surface area contributed by atoms with Crippen molar-refractivity contribution in [2.45, 2.75) is 26.7 Å². The van der Waals surface area contributed by atoms with Gasteiger partial charge >= 0.3 is 0 Å². The maximum Gasteiger partial charge on any atom is 0.282 e. The van der Waals surface area contributed by atoms with Crippen LogP contribution < -0.4 is 5.73 Å². The molecule has 1 aliphatic heterocycles. The van der Waals surface area contributed by atoms with Crippen LogP contribution in [0.4, 0.5) is 0 Å². The smallest absolute Gasteiger partial charge is 0.282 e. The molecule has 18 heavy (non-hydrogen) atoms. The largest absolute Gasteiger partial charge is 0.330 e. The molecule has 0 aliphatic carbocycles. The second-order valence-corrected chi connectivity index (χ2v) is 6.92. The average Bonchev–Trinajstić information content (AvgIpc) is 2.35. The second-order valence-electron chi connectivity index (χ2n) is 4.99. The first-order chi connectivity index (χ1) is 8.41. The van der Waals surface area contributed by atoms with Crippen LogP contribution in [0.15, 0.2) is 12.2 Å². The van der Waals surface area contributed by atoms with Crippen molar-refractivity contribution in [3.63, 3.8) is 0 Å². The first kappa shape index (κ1) is 15.6. The first-order valence-electron chi connectivity index (χ1n) is 6.51. The molecule has 1 fully saturated rings. The van der Waals surface area contributed by atoms with Gasteiger partial charge in [-0.15, -0.1) is 0 Å². The molecule has 1 unspecified atom stereocenters. The van der Waals surface area contributed by atoms with Gasteiger partial charge in [-0.05, 0) is 32.2 Å². The van der Waals surface area contributed by atoms with E-state index in [9.17, 15) is 8.42 Å². The third kappa shape index (κ3) is 3.78. The highest BCUT2D eigenvalue weighted by Crippen LogP contribution is 2.20. The Balaban J connectivity index is 2.80. The normalized spacial score (nSPS) is 22.3. The Morgan fingerprint density at radius 3 is 2.72 bits per heavy atom. The van der Waals surface area contributed by atoms with Crippen molar-refractivity contribution in [3.8, 4) is 0 Å². The van der Waals surface area contributed by atoms with Gasteiger partial charge in [0.1, 0.15) is 0 Å². The molecule has 2 N–H and O–H groups in total. The van der Waals surface area contributed by atoms with Crippen LogP contribution in [-0.2, 0) is 10.2 Å². The molecule has 0 radical (unpaired) electrons. The number of piperidine rings is 1. The molecule has 0 amide bonds. The molecule has 0 bridgehead atoms. The quantitative estimate of drug-likeness (QED) is 0.729. The maximum atomic E-state index is 12.5. The van der Waals surface area contributed by atoms with Gasteiger partial charge < -0.3 is 5.73 Å². The minimum atomic E-state index is -3.36. The SMILES string of the molecule is C=C(C)CN(CC)S(=O)(=O)N1CCCC(CN)C1. The zero-order chi connectivity index (χ0) is 13.8. The van der Waals surface area contributed by atoms with Crippen LogP contribution in [0.25, 0.3) is 0 Å². The summed E-state index contributed by atoms with van der Waals surface area (Å²) in [6, 6.07) is 0. The Labute approximate surface area is 111 Å². The summed E-state index contributed by atoms with van der Waals surface area (Å²) in [5.41, 5.74) is 6.50. The van der Waals surface area contributed by atoms with Crippen molar-refractivity contribution in [1.29, 1.82) is 0 Å². The van der Waals surface area contributed by atoms with Crippen LogP contribution in [-0.4, -0.2) is 49.8 Å². The van der Waals surface area contributed by atoms with E-state index in [4.69, 9.17) is 5.73 Å². The van der Waals surface area contributed by atoms with E-state index in [1.165, 1.54) is 4.31 Å². The molecule has 1 rings (SSSR count). The van der Waals surface area contributed by atoms with Gasteiger partial charge in [0.05, 0.1) is 0 Å². The molecule has 1 aliphatic rings. The maximum absolute atomic E-state index is 12.5. The Morgan fingerprint density at radius 2 is 2.22 bits per heavy atom. The van der Waals surface area contributed by atoms with E-state index in [-0.39, 0.29) is 5.92 Å². The number of nitrogens with zero attached hydrogens (tertiary/aromatic N) is 2. The fourth-order valence-corrected chi connectivity index (χ4v) is 4.05. The Morgan fingerprint density at radius 1 is 1.56 bits per heavy atom. The first-order valence-corrected chi connectivity index (χ1v) is 7.91. The topological polar surface area (TPSA) is 66.6 Å². The molecule has 1 saturated heterocycles. The third-order valence-corrected chi connectivity index (χ3v) is 5.29. The zero-order valence-electron chi connectivity index (χ0n) is 11.4. The van der Waals surface area contributed by atoms with Crippen molar-refractivity contribution in [2.75, 3.05) is 32.7 Å². The summed E-state index contributed by atoms with van der Waals surface area (Å²) < 4.78 is 28.0. The number of rotatable bonds is 6. The van der Waals surface area contributed by atoms with Gasteiger partial charge in [0, 0.05) is 26.2 Å². The lowest BCUT2D eigenvalue weighted by Gasteiger charge is -2.35. The molecule has 6 heteroatoms. The van der Waals surface area contributed by atoms with E-state index >= 15 is 0 Å². The predicted molar refractivity (Wildman–Crippen MR) is 74.3 cm³/mol. The minimum absolute atomic E-state index is 0.289. The summed E-state index contributed by atoms with van der Waals surface area (Å²) in [4.78, 5) is 0. The standard InChI is InChI=1S/C12H25N3O2S/c1-4-14(9-11(2)3)18(16,17)15-7-5-6-12(8-13)10-15/h12H,2,4-10,13H2,1,3H3. The van der Waals surface area contributed by atoms with Crippen LogP contribution >= 0.6 is 0 Å². The monoisotopic (exact) mass is 275 g/mol. The summed E-state index contributed by atoms with van der Waals surface area (Å²) in [6.45, 7) is 10.1. The van der Waals surface area contributed by atoms with E-state index in [0.717, 1.165) is 18.4 Å². The zero-order valence-corrected chi connectivity index (χ0v) is 12.2. The lowest BCUT2D eigenvalue weighted by atomic mass is 10.0. The van der Waals surface area contributed by atoms with Crippen LogP contribution in [0.1, 0.15) is 26.7 Å². The van der Waals surface area contributed by atoms with Gasteiger partial charge in [-0.3, -0.25) is 0 Å². The Hall–Kier alpha value is -0.430. The molecule has 0 aromatic heterocycles. The molecular formula is C12H25N3O2S. The van der Waals surface area contributed by atoms with Crippen molar-refractivity contribution < 1.29 is 8.42 Å².